The fourth-order valence-corrected chi connectivity index (χ4v) is 2.04. The minimum absolute atomic E-state index is 0.385. The number of nitrogens with zero attached hydrogens (tertiary/aromatic N) is 1. The number of nitrogens with one attached hydrogen (secondary N) is 1. The van der Waals surface area contributed by atoms with E-state index in [1.165, 1.54) is 5.56 Å². The molecule has 0 spiro atoms. The van der Waals surface area contributed by atoms with Crippen molar-refractivity contribution in [3.05, 3.63) is 64.2 Å². The van der Waals surface area contributed by atoms with Crippen molar-refractivity contribution in [3.63, 3.8) is 0 Å². The highest BCUT2D eigenvalue weighted by atomic mass is 35.5. The summed E-state index contributed by atoms with van der Waals surface area (Å²) in [6.07, 6.45) is 0. The first-order chi connectivity index (χ1) is 9.72. The molecule has 2 aromatic rings. The van der Waals surface area contributed by atoms with Gasteiger partial charge < -0.3 is 10.1 Å². The quantitative estimate of drug-likeness (QED) is 0.915. The molecule has 0 aliphatic rings. The van der Waals surface area contributed by atoms with Gasteiger partial charge in [-0.15, -0.1) is 0 Å². The van der Waals surface area contributed by atoms with Crippen molar-refractivity contribution in [1.29, 1.82) is 5.26 Å². The van der Waals surface area contributed by atoms with Gasteiger partial charge in [-0.1, -0.05) is 29.8 Å². The average Bonchev–Trinajstić information content (AvgIpc) is 2.48. The van der Waals surface area contributed by atoms with Gasteiger partial charge in [0.1, 0.15) is 12.4 Å². The second-order valence-electron chi connectivity index (χ2n) is 4.38. The van der Waals surface area contributed by atoms with Crippen LogP contribution < -0.4 is 10.1 Å². The Morgan fingerprint density at radius 2 is 1.95 bits per heavy atom. The molecule has 0 unspecified atom stereocenters. The van der Waals surface area contributed by atoms with Crippen LogP contribution in [0.5, 0.6) is 5.75 Å². The molecule has 0 saturated heterocycles. The van der Waals surface area contributed by atoms with Gasteiger partial charge >= 0.3 is 0 Å². The maximum absolute atomic E-state index is 8.79. The average molecular weight is 287 g/mol. The molecule has 0 radical (unpaired) electrons. The lowest BCUT2D eigenvalue weighted by molar-refractivity contribution is 0.306. The van der Waals surface area contributed by atoms with E-state index in [4.69, 9.17) is 21.6 Å². The molecule has 20 heavy (non-hydrogen) atoms. The predicted molar refractivity (Wildman–Crippen MR) is 79.7 cm³/mol. The van der Waals surface area contributed by atoms with Crippen molar-refractivity contribution < 1.29 is 4.74 Å². The van der Waals surface area contributed by atoms with Crippen LogP contribution in [-0.2, 0) is 13.2 Å². The summed E-state index contributed by atoms with van der Waals surface area (Å²) in [5.41, 5.74) is 2.62. The summed E-state index contributed by atoms with van der Waals surface area (Å²) in [6.45, 7) is 1.22. The van der Waals surface area contributed by atoms with Crippen LogP contribution in [-0.4, -0.2) is 7.05 Å². The fourth-order valence-electron chi connectivity index (χ4n) is 1.80. The second-order valence-corrected chi connectivity index (χ2v) is 4.79. The molecule has 3 nitrogen and oxygen atoms in total. The van der Waals surface area contributed by atoms with Crippen LogP contribution in [0.25, 0.3) is 0 Å². The van der Waals surface area contributed by atoms with Gasteiger partial charge in [-0.05, 0) is 36.9 Å². The first kappa shape index (κ1) is 14.4. The summed E-state index contributed by atoms with van der Waals surface area (Å²) in [5.74, 6) is 0.797. The van der Waals surface area contributed by atoms with Crippen LogP contribution in [0.15, 0.2) is 42.5 Å². The number of hydrogen-bond donors (Lipinski definition) is 1. The zero-order chi connectivity index (χ0) is 14.4. The Kier molecular flexibility index (Phi) is 5.00. The van der Waals surface area contributed by atoms with Crippen LogP contribution in [0.1, 0.15) is 16.7 Å². The van der Waals surface area contributed by atoms with Crippen LogP contribution in [0.3, 0.4) is 0 Å². The Morgan fingerprint density at radius 3 is 2.55 bits per heavy atom. The number of halogens is 1. The molecule has 0 aromatic heterocycles. The number of hydrogen-bond acceptors (Lipinski definition) is 3. The van der Waals surface area contributed by atoms with Crippen LogP contribution in [0.4, 0.5) is 0 Å². The Labute approximate surface area is 123 Å². The summed E-state index contributed by atoms with van der Waals surface area (Å²) in [6, 6.07) is 15.2. The molecule has 0 amide bonds. The molecule has 0 aliphatic heterocycles. The molecule has 0 aliphatic carbocycles. The maximum Gasteiger partial charge on any atom is 0.119 e. The van der Waals surface area contributed by atoms with Gasteiger partial charge in [0.2, 0.25) is 0 Å². The Bertz CT molecular complexity index is 617. The van der Waals surface area contributed by atoms with Crippen LogP contribution in [0, 0.1) is 11.3 Å². The minimum Gasteiger partial charge on any atom is -0.489 e. The zero-order valence-corrected chi connectivity index (χ0v) is 11.9. The van der Waals surface area contributed by atoms with E-state index in [9.17, 15) is 0 Å². The lowest BCUT2D eigenvalue weighted by Crippen LogP contribution is -2.04. The van der Waals surface area contributed by atoms with Crippen molar-refractivity contribution in [2.24, 2.45) is 0 Å². The van der Waals surface area contributed by atoms with E-state index in [0.29, 0.717) is 17.2 Å². The zero-order valence-electron chi connectivity index (χ0n) is 11.2. The molecular weight excluding hydrogens is 272 g/mol. The van der Waals surface area contributed by atoms with Crippen molar-refractivity contribution in [2.75, 3.05) is 7.05 Å². The van der Waals surface area contributed by atoms with E-state index < -0.39 is 0 Å². The molecule has 0 heterocycles. The highest BCUT2D eigenvalue weighted by Gasteiger charge is 2.03. The molecule has 102 valence electrons. The van der Waals surface area contributed by atoms with E-state index >= 15 is 0 Å². The van der Waals surface area contributed by atoms with Gasteiger partial charge in [-0.2, -0.15) is 5.26 Å². The number of ether oxygens (including phenoxy) is 1. The molecule has 2 rings (SSSR count). The number of nitriles is 1. The molecule has 1 N–H and O–H groups in total. The first-order valence-electron chi connectivity index (χ1n) is 6.28. The molecule has 0 fully saturated rings. The molecular formula is C16H15ClN2O. The third-order valence-electron chi connectivity index (χ3n) is 2.88. The predicted octanol–water partition coefficient (Wildman–Crippen LogP) is 3.51. The molecule has 0 bridgehead atoms. The van der Waals surface area contributed by atoms with E-state index in [1.54, 1.807) is 12.1 Å². The normalized spacial score (nSPS) is 10.1. The van der Waals surface area contributed by atoms with Gasteiger partial charge in [-0.3, -0.25) is 0 Å². The topological polar surface area (TPSA) is 45.0 Å². The summed E-state index contributed by atoms with van der Waals surface area (Å²) < 4.78 is 5.69. The third kappa shape index (κ3) is 3.74. The van der Waals surface area contributed by atoms with Gasteiger partial charge in [0.05, 0.1) is 11.6 Å². The smallest absolute Gasteiger partial charge is 0.119 e. The van der Waals surface area contributed by atoms with Gasteiger partial charge in [-0.25, -0.2) is 0 Å². The molecule has 0 saturated carbocycles. The van der Waals surface area contributed by atoms with Gasteiger partial charge in [0.25, 0.3) is 0 Å². The van der Waals surface area contributed by atoms with Crippen LogP contribution in [0.2, 0.25) is 5.02 Å². The molecule has 2 aromatic carbocycles. The van der Waals surface area contributed by atoms with Crippen molar-refractivity contribution in [1.82, 2.24) is 5.32 Å². The summed E-state index contributed by atoms with van der Waals surface area (Å²) in [7, 11) is 1.91. The van der Waals surface area contributed by atoms with Crippen LogP contribution >= 0.6 is 11.6 Å². The molecule has 4 heteroatoms. The summed E-state index contributed by atoms with van der Waals surface area (Å²) >= 11 is 6.10. The largest absolute Gasteiger partial charge is 0.489 e. The minimum atomic E-state index is 0.385. The Hall–Kier alpha value is -2.02. The lowest BCUT2D eigenvalue weighted by atomic mass is 10.1. The van der Waals surface area contributed by atoms with Gasteiger partial charge in [0.15, 0.2) is 0 Å². The third-order valence-corrected chi connectivity index (χ3v) is 3.23. The van der Waals surface area contributed by atoms with Crippen molar-refractivity contribution >= 4 is 11.6 Å². The van der Waals surface area contributed by atoms with E-state index in [1.807, 2.05) is 37.4 Å². The Morgan fingerprint density at radius 1 is 1.20 bits per heavy atom. The molecule has 0 atom stereocenters. The second kappa shape index (κ2) is 6.95. The highest BCUT2D eigenvalue weighted by Crippen LogP contribution is 2.20. The van der Waals surface area contributed by atoms with Gasteiger partial charge in [0, 0.05) is 17.1 Å². The van der Waals surface area contributed by atoms with E-state index in [0.717, 1.165) is 17.9 Å². The standard InChI is InChI=1S/C16H15ClN2O/c1-19-10-12-3-6-15(7-4-12)20-11-14-5-2-13(9-18)8-16(14)17/h2-8,19H,10-11H2,1H3. The summed E-state index contributed by atoms with van der Waals surface area (Å²) in [4.78, 5) is 0. The lowest BCUT2D eigenvalue weighted by Gasteiger charge is -2.09. The van der Waals surface area contributed by atoms with E-state index in [-0.39, 0.29) is 0 Å². The monoisotopic (exact) mass is 286 g/mol. The maximum atomic E-state index is 8.79. The highest BCUT2D eigenvalue weighted by molar-refractivity contribution is 6.31. The first-order valence-corrected chi connectivity index (χ1v) is 6.65. The number of benzene rings is 2. The van der Waals surface area contributed by atoms with Crippen molar-refractivity contribution in [3.8, 4) is 11.8 Å². The fraction of sp³-hybridized carbons (Fsp3) is 0.188. The SMILES string of the molecule is CNCc1ccc(OCc2ccc(C#N)cc2Cl)cc1. The summed E-state index contributed by atoms with van der Waals surface area (Å²) in [5, 5.41) is 12.4. The van der Waals surface area contributed by atoms with E-state index in [2.05, 4.69) is 11.4 Å². The number of rotatable bonds is 5. The van der Waals surface area contributed by atoms with Crippen molar-refractivity contribution in [2.45, 2.75) is 13.2 Å². The Balaban J connectivity index is 2.00.